The van der Waals surface area contributed by atoms with Crippen LogP contribution in [0.2, 0.25) is 0 Å². The number of aliphatic carboxylic acids is 1. The summed E-state index contributed by atoms with van der Waals surface area (Å²) in [5.41, 5.74) is 2.16. The number of carboxylic acid groups (broad SMARTS) is 1. The van der Waals surface area contributed by atoms with Crippen molar-refractivity contribution in [2.45, 2.75) is 31.3 Å². The Morgan fingerprint density at radius 2 is 2.03 bits per heavy atom. The van der Waals surface area contributed by atoms with Gasteiger partial charge in [0, 0.05) is 37.7 Å². The van der Waals surface area contributed by atoms with Gasteiger partial charge >= 0.3 is 5.97 Å². The molecule has 3 atom stereocenters. The van der Waals surface area contributed by atoms with E-state index < -0.39 is 5.97 Å². The van der Waals surface area contributed by atoms with Crippen LogP contribution in [0.5, 0.6) is 23.0 Å². The fourth-order valence-electron chi connectivity index (χ4n) is 4.98. The second kappa shape index (κ2) is 11.6. The van der Waals surface area contributed by atoms with Gasteiger partial charge in [0.15, 0.2) is 18.3 Å². The highest BCUT2D eigenvalue weighted by atomic mass is 16.7. The number of fused-ring (bicyclic) bond motifs is 1. The minimum atomic E-state index is -0.743. The van der Waals surface area contributed by atoms with Gasteiger partial charge in [-0.05, 0) is 50.1 Å². The van der Waals surface area contributed by atoms with Gasteiger partial charge < -0.3 is 34.1 Å². The topological polar surface area (TPSA) is 98.7 Å². The zero-order valence-corrected chi connectivity index (χ0v) is 20.5. The Kier molecular flexibility index (Phi) is 8.33. The van der Waals surface area contributed by atoms with Crippen molar-refractivity contribution >= 4 is 5.97 Å². The fourth-order valence-corrected chi connectivity index (χ4v) is 4.98. The third kappa shape index (κ3) is 5.80. The van der Waals surface area contributed by atoms with Crippen molar-refractivity contribution in [1.29, 1.82) is 0 Å². The summed E-state index contributed by atoms with van der Waals surface area (Å²) in [5.74, 6) is 1.82. The van der Waals surface area contributed by atoms with E-state index in [1.807, 2.05) is 37.4 Å². The summed E-state index contributed by atoms with van der Waals surface area (Å²) >= 11 is 0. The molecule has 2 aromatic carbocycles. The van der Waals surface area contributed by atoms with E-state index in [0.717, 1.165) is 35.5 Å². The summed E-state index contributed by atoms with van der Waals surface area (Å²) in [6.45, 7) is 1.58. The predicted molar refractivity (Wildman–Crippen MR) is 129 cm³/mol. The summed E-state index contributed by atoms with van der Waals surface area (Å²) in [5, 5.41) is 13.0. The molecule has 190 valence electrons. The summed E-state index contributed by atoms with van der Waals surface area (Å²) in [6, 6.07) is 11.9. The molecule has 9 nitrogen and oxygen atoms in total. The predicted octanol–water partition coefficient (Wildman–Crippen LogP) is 3.08. The van der Waals surface area contributed by atoms with Crippen molar-refractivity contribution in [3.8, 4) is 23.0 Å². The maximum atomic E-state index is 11.6. The zero-order chi connectivity index (χ0) is 24.8. The quantitative estimate of drug-likeness (QED) is 0.439. The first-order valence-corrected chi connectivity index (χ1v) is 11.9. The molecule has 9 heteroatoms. The normalized spacial score (nSPS) is 18.9. The maximum absolute atomic E-state index is 11.6. The average molecular weight is 487 g/mol. The van der Waals surface area contributed by atoms with Gasteiger partial charge in [0.25, 0.3) is 0 Å². The molecule has 0 amide bonds. The van der Waals surface area contributed by atoms with Crippen LogP contribution in [0.3, 0.4) is 0 Å². The summed E-state index contributed by atoms with van der Waals surface area (Å²) < 4.78 is 27.6. The van der Waals surface area contributed by atoms with Gasteiger partial charge in [0.05, 0.1) is 19.2 Å². The number of methoxy groups -OCH3 is 2. The molecule has 0 saturated carbocycles. The molecule has 35 heavy (non-hydrogen) atoms. The summed E-state index contributed by atoms with van der Waals surface area (Å²) in [6.07, 6.45) is 2.16. The molecule has 2 heterocycles. The van der Waals surface area contributed by atoms with Crippen molar-refractivity contribution < 1.29 is 33.6 Å². The number of nitrogens with zero attached hydrogens (tertiary/aromatic N) is 1. The Bertz CT molecular complexity index is 1020. The van der Waals surface area contributed by atoms with Crippen LogP contribution in [0.4, 0.5) is 0 Å². The van der Waals surface area contributed by atoms with E-state index in [9.17, 15) is 9.90 Å². The Labute approximate surface area is 205 Å². The number of carboxylic acids is 1. The van der Waals surface area contributed by atoms with Crippen LogP contribution >= 0.6 is 0 Å². The number of nitrogens with one attached hydrogen (secondary N) is 1. The number of likely N-dealkylation sites (tertiary alicyclic amines) is 1. The van der Waals surface area contributed by atoms with Gasteiger partial charge in [-0.2, -0.15) is 0 Å². The molecule has 0 radical (unpaired) electrons. The van der Waals surface area contributed by atoms with E-state index in [-0.39, 0.29) is 31.6 Å². The van der Waals surface area contributed by atoms with Gasteiger partial charge in [-0.3, -0.25) is 9.69 Å². The Hall–Kier alpha value is -3.01. The smallest absolute Gasteiger partial charge is 0.307 e. The van der Waals surface area contributed by atoms with E-state index in [1.165, 1.54) is 0 Å². The maximum Gasteiger partial charge on any atom is 0.307 e. The van der Waals surface area contributed by atoms with Crippen molar-refractivity contribution in [3.63, 3.8) is 0 Å². The van der Waals surface area contributed by atoms with E-state index in [1.54, 1.807) is 14.2 Å². The molecule has 2 aliphatic heterocycles. The Morgan fingerprint density at radius 3 is 2.74 bits per heavy atom. The van der Waals surface area contributed by atoms with Crippen molar-refractivity contribution in [2.24, 2.45) is 5.92 Å². The van der Waals surface area contributed by atoms with Crippen LogP contribution in [0.15, 0.2) is 36.4 Å². The number of ether oxygens (including phenoxy) is 5. The molecule has 0 bridgehead atoms. The molecule has 0 aliphatic carbocycles. The van der Waals surface area contributed by atoms with Gasteiger partial charge in [-0.25, -0.2) is 0 Å². The van der Waals surface area contributed by atoms with Crippen molar-refractivity contribution in [3.05, 3.63) is 47.5 Å². The molecule has 4 rings (SSSR count). The lowest BCUT2D eigenvalue weighted by Crippen LogP contribution is -2.47. The molecule has 0 aromatic heterocycles. The number of aryl methyl sites for hydroxylation is 1. The molecule has 3 unspecified atom stereocenters. The lowest BCUT2D eigenvalue weighted by molar-refractivity contribution is -0.141. The molecule has 2 N–H and O–H groups in total. The Morgan fingerprint density at radius 1 is 1.20 bits per heavy atom. The molecule has 0 spiro atoms. The first-order valence-electron chi connectivity index (χ1n) is 11.9. The highest BCUT2D eigenvalue weighted by Gasteiger charge is 2.36. The first-order chi connectivity index (χ1) is 17.0. The van der Waals surface area contributed by atoms with Crippen LogP contribution in [0, 0.1) is 5.92 Å². The molecule has 1 fully saturated rings. The summed E-state index contributed by atoms with van der Waals surface area (Å²) in [7, 11) is 5.13. The number of hydrogen-bond acceptors (Lipinski definition) is 8. The van der Waals surface area contributed by atoms with Crippen LogP contribution in [-0.2, 0) is 16.0 Å². The molecule has 1 saturated heterocycles. The highest BCUT2D eigenvalue weighted by molar-refractivity contribution is 5.70. The fraction of sp³-hybridized carbons (Fsp3) is 0.500. The third-order valence-electron chi connectivity index (χ3n) is 6.77. The number of rotatable bonds is 12. The zero-order valence-electron chi connectivity index (χ0n) is 20.5. The number of carbonyl (C=O) groups is 1. The van der Waals surface area contributed by atoms with E-state index in [4.69, 9.17) is 23.7 Å². The largest absolute Gasteiger partial charge is 0.497 e. The minimum absolute atomic E-state index is 0.00994. The lowest BCUT2D eigenvalue weighted by Gasteiger charge is -2.35. The van der Waals surface area contributed by atoms with Crippen molar-refractivity contribution in [1.82, 2.24) is 10.2 Å². The van der Waals surface area contributed by atoms with Crippen molar-refractivity contribution in [2.75, 3.05) is 47.9 Å². The van der Waals surface area contributed by atoms with Gasteiger partial charge in [-0.15, -0.1) is 0 Å². The summed E-state index contributed by atoms with van der Waals surface area (Å²) in [4.78, 5) is 13.9. The lowest BCUT2D eigenvalue weighted by atomic mass is 9.88. The first kappa shape index (κ1) is 25.1. The van der Waals surface area contributed by atoms with Crippen LogP contribution in [0.25, 0.3) is 0 Å². The monoisotopic (exact) mass is 486 g/mol. The second-order valence-electron chi connectivity index (χ2n) is 8.84. The van der Waals surface area contributed by atoms with Crippen LogP contribution in [0.1, 0.15) is 29.9 Å². The van der Waals surface area contributed by atoms with E-state index in [2.05, 4.69) is 16.3 Å². The molecular formula is C26H34N2O7. The molecule has 2 aromatic rings. The third-order valence-corrected chi connectivity index (χ3v) is 6.77. The van der Waals surface area contributed by atoms with E-state index >= 15 is 0 Å². The van der Waals surface area contributed by atoms with Crippen LogP contribution < -0.4 is 24.3 Å². The van der Waals surface area contributed by atoms with Gasteiger partial charge in [-0.1, -0.05) is 12.1 Å². The number of hydrogen-bond donors (Lipinski definition) is 2. The second-order valence-corrected chi connectivity index (χ2v) is 8.84. The SMILES string of the molecule is CNC(C(CCc1ccc2c(c1)OCO2)c1ccc(OC)cc1OCOC)N1CCC(C(=O)O)C1. The molecular weight excluding hydrogens is 452 g/mol. The highest BCUT2D eigenvalue weighted by Crippen LogP contribution is 2.39. The average Bonchev–Trinajstić information content (AvgIpc) is 3.55. The van der Waals surface area contributed by atoms with Gasteiger partial charge in [0.2, 0.25) is 6.79 Å². The number of likely N-dealkylation sites (N-methyl/N-ethyl adjacent to an activating group) is 1. The van der Waals surface area contributed by atoms with E-state index in [0.29, 0.717) is 31.0 Å². The Balaban J connectivity index is 1.64. The van der Waals surface area contributed by atoms with Crippen LogP contribution in [-0.4, -0.2) is 70.1 Å². The minimum Gasteiger partial charge on any atom is -0.497 e. The number of benzene rings is 2. The van der Waals surface area contributed by atoms with Gasteiger partial charge in [0.1, 0.15) is 11.5 Å². The molecule has 2 aliphatic rings. The standard InChI is InChI=1S/C26H34N2O7/c1-27-25(28-11-10-18(14-28)26(29)30)21(7-4-17-5-9-22-24(12-17)35-16-34-22)20-8-6-19(32-3)13-23(20)33-15-31-2/h5-6,8-9,12-13,18,21,25,27H,4,7,10-11,14-16H2,1-3H3,(H,29,30).